The van der Waals surface area contributed by atoms with Gasteiger partial charge in [-0.3, -0.25) is 9.59 Å². The number of carbonyl (C=O) groups excluding carboxylic acids is 1. The molecule has 0 aliphatic carbocycles. The Morgan fingerprint density at radius 1 is 1.08 bits per heavy atom. The summed E-state index contributed by atoms with van der Waals surface area (Å²) in [5.41, 5.74) is 0.192. The van der Waals surface area contributed by atoms with Gasteiger partial charge in [0.15, 0.2) is 0 Å². The van der Waals surface area contributed by atoms with E-state index in [1.807, 2.05) is 18.2 Å². The molecule has 0 aliphatic rings. The van der Waals surface area contributed by atoms with Crippen molar-refractivity contribution in [3.05, 3.63) is 70.8 Å². The first-order chi connectivity index (χ1) is 12.7. The summed E-state index contributed by atoms with van der Waals surface area (Å²) < 4.78 is 5.23. The van der Waals surface area contributed by atoms with Gasteiger partial charge >= 0.3 is 0 Å². The van der Waals surface area contributed by atoms with Crippen molar-refractivity contribution < 1.29 is 9.21 Å². The molecule has 134 valence electrons. The Kier molecular flexibility index (Phi) is 5.82. The van der Waals surface area contributed by atoms with E-state index in [4.69, 9.17) is 4.42 Å². The third-order valence-corrected chi connectivity index (χ3v) is 3.80. The number of anilines is 1. The SMILES string of the molecule is O=C(NCCCCNc1ccccn1)c1ccc(-c2ccco2)[nH]c1=O. The van der Waals surface area contributed by atoms with E-state index >= 15 is 0 Å². The molecule has 0 unspecified atom stereocenters. The summed E-state index contributed by atoms with van der Waals surface area (Å²) in [5.74, 6) is 1.00. The summed E-state index contributed by atoms with van der Waals surface area (Å²) in [5, 5.41) is 5.97. The van der Waals surface area contributed by atoms with Crippen molar-refractivity contribution in [1.82, 2.24) is 15.3 Å². The van der Waals surface area contributed by atoms with E-state index in [0.29, 0.717) is 18.0 Å². The Morgan fingerprint density at radius 2 is 1.96 bits per heavy atom. The van der Waals surface area contributed by atoms with Crippen molar-refractivity contribution in [2.45, 2.75) is 12.8 Å². The number of carbonyl (C=O) groups is 1. The first-order valence-corrected chi connectivity index (χ1v) is 8.44. The van der Waals surface area contributed by atoms with Gasteiger partial charge in [0.2, 0.25) is 0 Å². The molecule has 0 aliphatic heterocycles. The molecule has 0 aromatic carbocycles. The molecule has 7 heteroatoms. The van der Waals surface area contributed by atoms with Crippen LogP contribution in [0.3, 0.4) is 0 Å². The number of unbranched alkanes of at least 4 members (excludes halogenated alkanes) is 1. The number of H-pyrrole nitrogens is 1. The highest BCUT2D eigenvalue weighted by Crippen LogP contribution is 2.15. The number of amides is 1. The normalized spacial score (nSPS) is 10.5. The highest BCUT2D eigenvalue weighted by atomic mass is 16.3. The van der Waals surface area contributed by atoms with Crippen LogP contribution < -0.4 is 16.2 Å². The summed E-state index contributed by atoms with van der Waals surface area (Å²) in [6.07, 6.45) is 4.94. The van der Waals surface area contributed by atoms with Crippen LogP contribution in [0.4, 0.5) is 5.82 Å². The Morgan fingerprint density at radius 3 is 2.69 bits per heavy atom. The van der Waals surface area contributed by atoms with E-state index < -0.39 is 5.56 Å². The summed E-state index contributed by atoms with van der Waals surface area (Å²) in [4.78, 5) is 31.1. The predicted octanol–water partition coefficient (Wildman–Crippen LogP) is 2.65. The number of hydrogen-bond donors (Lipinski definition) is 3. The molecule has 3 aromatic heterocycles. The molecule has 0 saturated carbocycles. The fraction of sp³-hybridized carbons (Fsp3) is 0.211. The van der Waals surface area contributed by atoms with Crippen LogP contribution in [-0.4, -0.2) is 29.0 Å². The number of pyridine rings is 2. The lowest BCUT2D eigenvalue weighted by Gasteiger charge is -2.07. The number of aromatic nitrogens is 2. The second-order valence-corrected chi connectivity index (χ2v) is 5.70. The largest absolute Gasteiger partial charge is 0.463 e. The fourth-order valence-electron chi connectivity index (χ4n) is 2.46. The van der Waals surface area contributed by atoms with E-state index in [1.54, 1.807) is 24.4 Å². The van der Waals surface area contributed by atoms with Crippen LogP contribution >= 0.6 is 0 Å². The second-order valence-electron chi connectivity index (χ2n) is 5.70. The van der Waals surface area contributed by atoms with Crippen LogP contribution in [0.2, 0.25) is 0 Å². The van der Waals surface area contributed by atoms with Crippen LogP contribution in [0.1, 0.15) is 23.2 Å². The average Bonchev–Trinajstić information content (AvgIpc) is 3.20. The minimum atomic E-state index is -0.437. The number of rotatable bonds is 8. The summed E-state index contributed by atoms with van der Waals surface area (Å²) >= 11 is 0. The van der Waals surface area contributed by atoms with Crippen molar-refractivity contribution in [1.29, 1.82) is 0 Å². The molecule has 3 rings (SSSR count). The van der Waals surface area contributed by atoms with E-state index in [-0.39, 0.29) is 11.5 Å². The zero-order valence-corrected chi connectivity index (χ0v) is 14.2. The van der Waals surface area contributed by atoms with Crippen LogP contribution in [0.5, 0.6) is 0 Å². The average molecular weight is 352 g/mol. The molecule has 3 N–H and O–H groups in total. The minimum absolute atomic E-state index is 0.0897. The Bertz CT molecular complexity index is 889. The topological polar surface area (TPSA) is 100 Å². The molecule has 3 aromatic rings. The van der Waals surface area contributed by atoms with Crippen molar-refractivity contribution in [2.24, 2.45) is 0 Å². The van der Waals surface area contributed by atoms with E-state index in [9.17, 15) is 9.59 Å². The van der Waals surface area contributed by atoms with E-state index in [0.717, 1.165) is 25.2 Å². The monoisotopic (exact) mass is 352 g/mol. The highest BCUT2D eigenvalue weighted by Gasteiger charge is 2.11. The van der Waals surface area contributed by atoms with E-state index in [2.05, 4.69) is 20.6 Å². The maximum atomic E-state index is 12.1. The minimum Gasteiger partial charge on any atom is -0.463 e. The van der Waals surface area contributed by atoms with Crippen molar-refractivity contribution in [2.75, 3.05) is 18.4 Å². The maximum Gasteiger partial charge on any atom is 0.261 e. The smallest absolute Gasteiger partial charge is 0.261 e. The number of nitrogens with one attached hydrogen (secondary N) is 3. The quantitative estimate of drug-likeness (QED) is 0.541. The first-order valence-electron chi connectivity index (χ1n) is 8.44. The zero-order chi connectivity index (χ0) is 18.2. The molecular weight excluding hydrogens is 332 g/mol. The summed E-state index contributed by atoms with van der Waals surface area (Å²) in [6.45, 7) is 1.27. The van der Waals surface area contributed by atoms with Crippen molar-refractivity contribution in [3.8, 4) is 11.5 Å². The van der Waals surface area contributed by atoms with Gasteiger partial charge in [-0.1, -0.05) is 6.07 Å². The van der Waals surface area contributed by atoms with Crippen molar-refractivity contribution in [3.63, 3.8) is 0 Å². The Hall–Kier alpha value is -3.35. The lowest BCUT2D eigenvalue weighted by Crippen LogP contribution is -2.30. The van der Waals surface area contributed by atoms with Crippen LogP contribution in [-0.2, 0) is 0 Å². The lowest BCUT2D eigenvalue weighted by atomic mass is 10.2. The molecule has 3 heterocycles. The molecule has 0 saturated heterocycles. The van der Waals surface area contributed by atoms with Crippen molar-refractivity contribution >= 4 is 11.7 Å². The highest BCUT2D eigenvalue weighted by molar-refractivity contribution is 5.93. The standard InChI is InChI=1S/C19H20N4O3/c24-18(22-12-4-3-11-21-17-7-1-2-10-20-17)14-8-9-15(23-19(14)25)16-6-5-13-26-16/h1-2,5-10,13H,3-4,11-12H2,(H,20,21)(H,22,24)(H,23,25). The number of nitrogens with zero attached hydrogens (tertiary/aromatic N) is 1. The molecular formula is C19H20N4O3. The van der Waals surface area contributed by atoms with Gasteiger partial charge in [-0.05, 0) is 49.2 Å². The van der Waals surface area contributed by atoms with Gasteiger partial charge in [-0.2, -0.15) is 0 Å². The lowest BCUT2D eigenvalue weighted by molar-refractivity contribution is 0.0951. The third-order valence-electron chi connectivity index (χ3n) is 3.80. The fourth-order valence-corrected chi connectivity index (χ4v) is 2.46. The van der Waals surface area contributed by atoms with Gasteiger partial charge in [0.25, 0.3) is 11.5 Å². The van der Waals surface area contributed by atoms with Gasteiger partial charge in [-0.15, -0.1) is 0 Å². The molecule has 0 radical (unpaired) electrons. The molecule has 0 bridgehead atoms. The summed E-state index contributed by atoms with van der Waals surface area (Å²) in [6, 6.07) is 12.3. The van der Waals surface area contributed by atoms with Gasteiger partial charge in [0.05, 0.1) is 12.0 Å². The Labute approximate surface area is 150 Å². The summed E-state index contributed by atoms with van der Waals surface area (Å²) in [7, 11) is 0. The van der Waals surface area contributed by atoms with E-state index in [1.165, 1.54) is 12.3 Å². The number of furan rings is 1. The number of aromatic amines is 1. The molecule has 26 heavy (non-hydrogen) atoms. The van der Waals surface area contributed by atoms with Gasteiger partial charge in [0.1, 0.15) is 17.1 Å². The predicted molar refractivity (Wildman–Crippen MR) is 99.1 cm³/mol. The van der Waals surface area contributed by atoms with Gasteiger partial charge in [-0.25, -0.2) is 4.98 Å². The molecule has 7 nitrogen and oxygen atoms in total. The van der Waals surface area contributed by atoms with Crippen LogP contribution in [0.25, 0.3) is 11.5 Å². The first kappa shape index (κ1) is 17.5. The molecule has 0 spiro atoms. The van der Waals surface area contributed by atoms with Crippen LogP contribution in [0.15, 0.2) is 64.1 Å². The van der Waals surface area contributed by atoms with Gasteiger partial charge < -0.3 is 20.0 Å². The molecule has 1 amide bonds. The third kappa shape index (κ3) is 4.60. The van der Waals surface area contributed by atoms with Crippen LogP contribution in [0, 0.1) is 0 Å². The second kappa shape index (κ2) is 8.66. The molecule has 0 fully saturated rings. The van der Waals surface area contributed by atoms with Gasteiger partial charge in [0, 0.05) is 19.3 Å². The zero-order valence-electron chi connectivity index (χ0n) is 14.2. The Balaban J connectivity index is 1.43. The maximum absolute atomic E-state index is 12.1. The molecule has 0 atom stereocenters. The number of hydrogen-bond acceptors (Lipinski definition) is 5.